The molecule has 0 radical (unpaired) electrons. The van der Waals surface area contributed by atoms with Gasteiger partial charge in [0, 0.05) is 25.7 Å². The third kappa shape index (κ3) is 4.91. The van der Waals surface area contributed by atoms with Gasteiger partial charge in [-0.2, -0.15) is 15.2 Å². The Morgan fingerprint density at radius 3 is 2.69 bits per heavy atom. The molecule has 1 aliphatic rings. The van der Waals surface area contributed by atoms with Crippen LogP contribution in [0.2, 0.25) is 0 Å². The standard InChI is InChI=1S/C24H22N6O5/c1-12-7-15(23(32)30(3)4)10-16(8-12)34-22-19-21(33-13(2)20(31)27-19)28-24(29-22)35-18-9-14(11-25)5-6-17(18)26/h5-10,13H,26H2,1-4H3,(H,27,31). The highest BCUT2D eigenvalue weighted by Crippen LogP contribution is 2.40. The summed E-state index contributed by atoms with van der Waals surface area (Å²) in [7, 11) is 3.30. The molecule has 0 spiro atoms. The molecule has 1 aliphatic heterocycles. The number of hydrogen-bond acceptors (Lipinski definition) is 9. The maximum absolute atomic E-state index is 12.5. The van der Waals surface area contributed by atoms with Gasteiger partial charge in [0.1, 0.15) is 5.75 Å². The van der Waals surface area contributed by atoms with Gasteiger partial charge in [-0.25, -0.2) is 0 Å². The van der Waals surface area contributed by atoms with Crippen molar-refractivity contribution in [2.45, 2.75) is 20.0 Å². The van der Waals surface area contributed by atoms with E-state index in [-0.39, 0.29) is 40.8 Å². The minimum atomic E-state index is -0.812. The number of rotatable bonds is 5. The number of fused-ring (bicyclic) bond motifs is 1. The van der Waals surface area contributed by atoms with E-state index < -0.39 is 12.0 Å². The van der Waals surface area contributed by atoms with Gasteiger partial charge in [-0.1, -0.05) is 0 Å². The summed E-state index contributed by atoms with van der Waals surface area (Å²) in [6, 6.07) is 11.4. The van der Waals surface area contributed by atoms with E-state index >= 15 is 0 Å². The highest BCUT2D eigenvalue weighted by Gasteiger charge is 2.30. The van der Waals surface area contributed by atoms with Gasteiger partial charge in [-0.05, 0) is 49.7 Å². The molecule has 1 unspecified atom stereocenters. The minimum Gasteiger partial charge on any atom is -0.463 e. The molecule has 35 heavy (non-hydrogen) atoms. The molecule has 3 N–H and O–H groups in total. The Bertz CT molecular complexity index is 1380. The first-order chi connectivity index (χ1) is 16.6. The van der Waals surface area contributed by atoms with Crippen LogP contribution in [0.25, 0.3) is 0 Å². The Labute approximate surface area is 201 Å². The van der Waals surface area contributed by atoms with Crippen molar-refractivity contribution in [2.24, 2.45) is 0 Å². The van der Waals surface area contributed by atoms with Crippen LogP contribution in [0.5, 0.6) is 29.3 Å². The van der Waals surface area contributed by atoms with Gasteiger partial charge < -0.3 is 30.2 Å². The molecule has 2 heterocycles. The summed E-state index contributed by atoms with van der Waals surface area (Å²) in [5.74, 6) is -0.166. The molecule has 0 saturated carbocycles. The molecule has 178 valence electrons. The molecule has 0 saturated heterocycles. The van der Waals surface area contributed by atoms with E-state index in [9.17, 15) is 14.9 Å². The number of aromatic nitrogens is 2. The molecular formula is C24H22N6O5. The largest absolute Gasteiger partial charge is 0.463 e. The van der Waals surface area contributed by atoms with Gasteiger partial charge in [0.25, 0.3) is 17.7 Å². The van der Waals surface area contributed by atoms with Crippen molar-refractivity contribution in [1.82, 2.24) is 14.9 Å². The number of nitrogens with two attached hydrogens (primary N) is 1. The number of nitrogen functional groups attached to an aromatic ring is 1. The number of nitrogens with zero attached hydrogens (tertiary/aromatic N) is 4. The second kappa shape index (κ2) is 9.18. The molecule has 0 fully saturated rings. The fraction of sp³-hybridized carbons (Fsp3) is 0.208. The first-order valence-electron chi connectivity index (χ1n) is 10.5. The Morgan fingerprint density at radius 2 is 1.97 bits per heavy atom. The number of amides is 2. The number of hydrogen-bond donors (Lipinski definition) is 2. The molecule has 2 amide bonds. The Kier molecular flexibility index (Phi) is 6.12. The summed E-state index contributed by atoms with van der Waals surface area (Å²) in [5.41, 5.74) is 7.88. The summed E-state index contributed by atoms with van der Waals surface area (Å²) in [5, 5.41) is 11.8. The second-order valence-electron chi connectivity index (χ2n) is 8.04. The number of nitrogens with one attached hydrogen (secondary N) is 1. The van der Waals surface area contributed by atoms with Crippen LogP contribution >= 0.6 is 0 Å². The number of benzene rings is 2. The lowest BCUT2D eigenvalue weighted by Crippen LogP contribution is -2.35. The monoisotopic (exact) mass is 474 g/mol. The maximum atomic E-state index is 12.5. The molecule has 0 aliphatic carbocycles. The SMILES string of the molecule is Cc1cc(Oc2nc(Oc3cc(C#N)ccc3N)nc3c2NC(=O)C(C)O3)cc(C(=O)N(C)C)c1. The normalized spacial score (nSPS) is 14.1. The lowest BCUT2D eigenvalue weighted by Gasteiger charge is -2.24. The van der Waals surface area contributed by atoms with Crippen molar-refractivity contribution >= 4 is 23.2 Å². The summed E-state index contributed by atoms with van der Waals surface area (Å²) in [4.78, 5) is 34.7. The molecule has 1 aromatic heterocycles. The van der Waals surface area contributed by atoms with Gasteiger partial charge in [0.05, 0.1) is 17.3 Å². The zero-order valence-corrected chi connectivity index (χ0v) is 19.4. The molecular weight excluding hydrogens is 452 g/mol. The van der Waals surface area contributed by atoms with E-state index in [2.05, 4.69) is 15.3 Å². The number of carbonyl (C=O) groups is 2. The molecule has 0 bridgehead atoms. The fourth-order valence-corrected chi connectivity index (χ4v) is 3.25. The number of nitriles is 1. The maximum Gasteiger partial charge on any atom is 0.328 e. The fourth-order valence-electron chi connectivity index (χ4n) is 3.25. The predicted molar refractivity (Wildman–Crippen MR) is 126 cm³/mol. The van der Waals surface area contributed by atoms with Crippen molar-refractivity contribution in [3.63, 3.8) is 0 Å². The van der Waals surface area contributed by atoms with Crippen molar-refractivity contribution in [1.29, 1.82) is 5.26 Å². The molecule has 11 nitrogen and oxygen atoms in total. The van der Waals surface area contributed by atoms with Crippen LogP contribution in [0, 0.1) is 18.3 Å². The van der Waals surface area contributed by atoms with Crippen molar-refractivity contribution < 1.29 is 23.8 Å². The van der Waals surface area contributed by atoms with Crippen molar-refractivity contribution in [2.75, 3.05) is 25.1 Å². The molecule has 3 aromatic rings. The average Bonchev–Trinajstić information content (AvgIpc) is 2.80. The smallest absolute Gasteiger partial charge is 0.328 e. The van der Waals surface area contributed by atoms with Crippen LogP contribution in [-0.4, -0.2) is 46.9 Å². The van der Waals surface area contributed by atoms with E-state index in [1.165, 1.54) is 17.0 Å². The molecule has 1 atom stereocenters. The van der Waals surface area contributed by atoms with Crippen molar-refractivity contribution in [3.8, 4) is 35.3 Å². The van der Waals surface area contributed by atoms with Crippen molar-refractivity contribution in [3.05, 3.63) is 53.1 Å². The van der Waals surface area contributed by atoms with E-state index in [1.54, 1.807) is 45.3 Å². The van der Waals surface area contributed by atoms with Gasteiger partial charge >= 0.3 is 6.01 Å². The first kappa shape index (κ1) is 23.3. The Hall–Kier alpha value is -4.85. The van der Waals surface area contributed by atoms with Gasteiger partial charge in [-0.15, -0.1) is 0 Å². The third-order valence-corrected chi connectivity index (χ3v) is 4.99. The number of anilines is 2. The molecule has 11 heteroatoms. The number of carbonyl (C=O) groups excluding carboxylic acids is 2. The summed E-state index contributed by atoms with van der Waals surface area (Å²) < 4.78 is 17.4. The van der Waals surface area contributed by atoms with Crippen LogP contribution < -0.4 is 25.3 Å². The first-order valence-corrected chi connectivity index (χ1v) is 10.5. The Balaban J connectivity index is 1.77. The van der Waals surface area contributed by atoms with Gasteiger partial charge in [0.15, 0.2) is 17.5 Å². The number of ether oxygens (including phenoxy) is 3. The highest BCUT2D eigenvalue weighted by molar-refractivity contribution is 5.98. The van der Waals surface area contributed by atoms with Gasteiger partial charge in [0.2, 0.25) is 5.88 Å². The molecule has 2 aromatic carbocycles. The third-order valence-electron chi connectivity index (χ3n) is 4.99. The average molecular weight is 474 g/mol. The van der Waals surface area contributed by atoms with Crippen LogP contribution in [0.3, 0.4) is 0 Å². The van der Waals surface area contributed by atoms with E-state index in [4.69, 9.17) is 19.9 Å². The highest BCUT2D eigenvalue weighted by atomic mass is 16.5. The predicted octanol–water partition coefficient (Wildman–Crippen LogP) is 3.24. The quantitative estimate of drug-likeness (QED) is 0.531. The van der Waals surface area contributed by atoms with E-state index in [0.29, 0.717) is 16.9 Å². The number of aryl methyl sites for hydroxylation is 1. The topological polar surface area (TPSA) is 153 Å². The minimum absolute atomic E-state index is 0.0318. The van der Waals surface area contributed by atoms with Crippen LogP contribution in [0.4, 0.5) is 11.4 Å². The second-order valence-corrected chi connectivity index (χ2v) is 8.04. The lowest BCUT2D eigenvalue weighted by molar-refractivity contribution is -0.122. The van der Waals surface area contributed by atoms with Crippen LogP contribution in [0.15, 0.2) is 36.4 Å². The zero-order valence-electron chi connectivity index (χ0n) is 19.4. The van der Waals surface area contributed by atoms with Gasteiger partial charge in [-0.3, -0.25) is 9.59 Å². The lowest BCUT2D eigenvalue weighted by atomic mass is 10.1. The summed E-state index contributed by atoms with van der Waals surface area (Å²) in [6.07, 6.45) is -0.812. The Morgan fingerprint density at radius 1 is 1.20 bits per heavy atom. The van der Waals surface area contributed by atoms with Crippen LogP contribution in [-0.2, 0) is 4.79 Å². The van der Waals surface area contributed by atoms with E-state index in [1.807, 2.05) is 13.0 Å². The van der Waals surface area contributed by atoms with E-state index in [0.717, 1.165) is 5.56 Å². The van der Waals surface area contributed by atoms with Crippen LogP contribution in [0.1, 0.15) is 28.4 Å². The molecule has 4 rings (SSSR count). The zero-order chi connectivity index (χ0) is 25.3. The summed E-state index contributed by atoms with van der Waals surface area (Å²) in [6.45, 7) is 3.39. The summed E-state index contributed by atoms with van der Waals surface area (Å²) >= 11 is 0.